The van der Waals surface area contributed by atoms with Gasteiger partial charge in [-0.15, -0.1) is 0 Å². The van der Waals surface area contributed by atoms with Gasteiger partial charge in [0, 0.05) is 0 Å². The third-order valence-electron chi connectivity index (χ3n) is 2.01. The molecule has 0 aliphatic carbocycles. The Morgan fingerprint density at radius 1 is 1.33 bits per heavy atom. The highest BCUT2D eigenvalue weighted by atomic mass is 32.2. The Kier molecular flexibility index (Phi) is 5.24. The molecule has 0 atom stereocenters. The Morgan fingerprint density at radius 2 is 1.94 bits per heavy atom. The molecule has 7 heteroatoms. The van der Waals surface area contributed by atoms with Crippen LogP contribution in [0.25, 0.3) is 0 Å². The van der Waals surface area contributed by atoms with Crippen molar-refractivity contribution in [1.29, 1.82) is 0 Å². The van der Waals surface area contributed by atoms with Crippen molar-refractivity contribution in [2.24, 2.45) is 0 Å². The number of benzene rings is 1. The molecule has 0 aromatic heterocycles. The predicted octanol–water partition coefficient (Wildman–Crippen LogP) is 0.808. The smallest absolute Gasteiger partial charge is 0.320 e. The van der Waals surface area contributed by atoms with E-state index in [1.807, 2.05) is 0 Å². The molecule has 0 amide bonds. The summed E-state index contributed by atoms with van der Waals surface area (Å²) in [7, 11) is -3.63. The second-order valence-electron chi connectivity index (χ2n) is 3.51. The Morgan fingerprint density at radius 3 is 2.50 bits per heavy atom. The van der Waals surface area contributed by atoms with Gasteiger partial charge >= 0.3 is 5.97 Å². The zero-order valence-corrected chi connectivity index (χ0v) is 10.7. The molecular formula is C11H14FNO4S. The molecule has 0 bridgehead atoms. The highest BCUT2D eigenvalue weighted by Gasteiger charge is 2.13. The first-order valence-corrected chi connectivity index (χ1v) is 6.95. The van der Waals surface area contributed by atoms with Crippen LogP contribution in [0.2, 0.25) is 0 Å². The van der Waals surface area contributed by atoms with Crippen LogP contribution in [0.15, 0.2) is 24.3 Å². The Bertz CT molecular complexity index is 498. The maximum atomic E-state index is 12.6. The molecule has 5 nitrogen and oxygen atoms in total. The predicted molar refractivity (Wildman–Crippen MR) is 63.7 cm³/mol. The van der Waals surface area contributed by atoms with Gasteiger partial charge in [0.25, 0.3) is 0 Å². The topological polar surface area (TPSA) is 72.5 Å². The van der Waals surface area contributed by atoms with Crippen molar-refractivity contribution in [1.82, 2.24) is 4.72 Å². The van der Waals surface area contributed by atoms with Gasteiger partial charge < -0.3 is 4.74 Å². The van der Waals surface area contributed by atoms with E-state index in [2.05, 4.69) is 9.46 Å². The summed E-state index contributed by atoms with van der Waals surface area (Å²) in [6, 6.07) is 5.10. The third kappa shape index (κ3) is 5.24. The van der Waals surface area contributed by atoms with E-state index in [9.17, 15) is 17.6 Å². The van der Waals surface area contributed by atoms with Crippen molar-refractivity contribution in [3.8, 4) is 0 Å². The van der Waals surface area contributed by atoms with Gasteiger partial charge in [-0.25, -0.2) is 17.5 Å². The number of sulfonamides is 1. The molecule has 0 radical (unpaired) electrons. The van der Waals surface area contributed by atoms with E-state index in [1.54, 1.807) is 6.92 Å². The number of hydrogen-bond donors (Lipinski definition) is 1. The Hall–Kier alpha value is -1.47. The zero-order chi connectivity index (χ0) is 13.6. The Balaban J connectivity index is 2.54. The van der Waals surface area contributed by atoms with Crippen molar-refractivity contribution >= 4 is 16.0 Å². The van der Waals surface area contributed by atoms with Crippen LogP contribution in [0.3, 0.4) is 0 Å². The standard InChI is InChI=1S/C11H14FNO4S/c1-2-17-11(14)7-13-18(15,16)8-9-3-5-10(12)6-4-9/h3-6,13H,2,7-8H2,1H3. The van der Waals surface area contributed by atoms with Crippen molar-refractivity contribution in [3.05, 3.63) is 35.6 Å². The van der Waals surface area contributed by atoms with Gasteiger partial charge in [-0.3, -0.25) is 4.79 Å². The van der Waals surface area contributed by atoms with E-state index in [1.165, 1.54) is 24.3 Å². The molecule has 0 aliphatic rings. The molecule has 100 valence electrons. The van der Waals surface area contributed by atoms with E-state index in [0.29, 0.717) is 5.56 Å². The first kappa shape index (κ1) is 14.6. The molecule has 0 heterocycles. The summed E-state index contributed by atoms with van der Waals surface area (Å²) in [5.41, 5.74) is 0.438. The molecule has 0 fully saturated rings. The summed E-state index contributed by atoms with van der Waals surface area (Å²) in [6.07, 6.45) is 0. The van der Waals surface area contributed by atoms with Crippen molar-refractivity contribution in [2.75, 3.05) is 13.2 Å². The number of carbonyl (C=O) groups excluding carboxylic acids is 1. The minimum absolute atomic E-state index is 0.193. The molecule has 18 heavy (non-hydrogen) atoms. The average Bonchev–Trinajstić information content (AvgIpc) is 2.30. The van der Waals surface area contributed by atoms with Gasteiger partial charge in [0.15, 0.2) is 0 Å². The lowest BCUT2D eigenvalue weighted by atomic mass is 10.2. The second kappa shape index (κ2) is 6.46. The van der Waals surface area contributed by atoms with Gasteiger partial charge in [-0.1, -0.05) is 12.1 Å². The maximum Gasteiger partial charge on any atom is 0.320 e. The van der Waals surface area contributed by atoms with E-state index in [-0.39, 0.29) is 12.4 Å². The van der Waals surface area contributed by atoms with Crippen LogP contribution >= 0.6 is 0 Å². The normalized spacial score (nSPS) is 11.2. The van der Waals surface area contributed by atoms with E-state index in [0.717, 1.165) is 0 Å². The Labute approximate surface area is 105 Å². The minimum atomic E-state index is -3.63. The van der Waals surface area contributed by atoms with Crippen molar-refractivity contribution < 1.29 is 22.3 Å². The van der Waals surface area contributed by atoms with E-state index >= 15 is 0 Å². The SMILES string of the molecule is CCOC(=O)CNS(=O)(=O)Cc1ccc(F)cc1. The number of carbonyl (C=O) groups is 1. The number of esters is 1. The van der Waals surface area contributed by atoms with E-state index in [4.69, 9.17) is 0 Å². The lowest BCUT2D eigenvalue weighted by Crippen LogP contribution is -2.31. The molecule has 1 aromatic rings. The van der Waals surface area contributed by atoms with Crippen molar-refractivity contribution in [3.63, 3.8) is 0 Å². The molecule has 0 saturated carbocycles. The number of ether oxygens (including phenoxy) is 1. The van der Waals surface area contributed by atoms with Crippen LogP contribution < -0.4 is 4.72 Å². The minimum Gasteiger partial charge on any atom is -0.465 e. The molecule has 1 N–H and O–H groups in total. The van der Waals surface area contributed by atoms with Gasteiger partial charge in [-0.05, 0) is 24.6 Å². The third-order valence-corrected chi connectivity index (χ3v) is 3.31. The second-order valence-corrected chi connectivity index (χ2v) is 5.32. The molecular weight excluding hydrogens is 261 g/mol. The molecule has 0 aliphatic heterocycles. The summed E-state index contributed by atoms with van der Waals surface area (Å²) in [4.78, 5) is 11.0. The van der Waals surface area contributed by atoms with Gasteiger partial charge in [0.2, 0.25) is 10.0 Å². The summed E-state index contributed by atoms with van der Waals surface area (Å²) in [5.74, 6) is -1.39. The number of rotatable bonds is 6. The van der Waals surface area contributed by atoms with Gasteiger partial charge in [0.1, 0.15) is 12.4 Å². The maximum absolute atomic E-state index is 12.6. The summed E-state index contributed by atoms with van der Waals surface area (Å²) in [6.45, 7) is 1.42. The summed E-state index contributed by atoms with van der Waals surface area (Å²) in [5, 5.41) is 0. The van der Waals surface area contributed by atoms with Crippen LogP contribution in [0.1, 0.15) is 12.5 Å². The first-order valence-electron chi connectivity index (χ1n) is 5.30. The van der Waals surface area contributed by atoms with Crippen molar-refractivity contribution in [2.45, 2.75) is 12.7 Å². The van der Waals surface area contributed by atoms with Crippen LogP contribution in [-0.2, 0) is 25.3 Å². The molecule has 0 spiro atoms. The first-order chi connectivity index (χ1) is 8.43. The quantitative estimate of drug-likeness (QED) is 0.780. The highest BCUT2D eigenvalue weighted by molar-refractivity contribution is 7.88. The number of hydrogen-bond acceptors (Lipinski definition) is 4. The fraction of sp³-hybridized carbons (Fsp3) is 0.364. The van der Waals surface area contributed by atoms with E-state index < -0.39 is 28.4 Å². The van der Waals surface area contributed by atoms with Gasteiger partial charge in [-0.2, -0.15) is 0 Å². The lowest BCUT2D eigenvalue weighted by molar-refractivity contribution is -0.141. The number of nitrogens with one attached hydrogen (secondary N) is 1. The fourth-order valence-electron chi connectivity index (χ4n) is 1.23. The van der Waals surface area contributed by atoms with Crippen LogP contribution in [0.5, 0.6) is 0 Å². The largest absolute Gasteiger partial charge is 0.465 e. The molecule has 0 saturated heterocycles. The average molecular weight is 275 g/mol. The summed E-state index contributed by atoms with van der Waals surface area (Å²) >= 11 is 0. The lowest BCUT2D eigenvalue weighted by Gasteiger charge is -2.06. The number of halogens is 1. The highest BCUT2D eigenvalue weighted by Crippen LogP contribution is 2.06. The van der Waals surface area contributed by atoms with Gasteiger partial charge in [0.05, 0.1) is 12.4 Å². The molecule has 1 rings (SSSR count). The molecule has 0 unspecified atom stereocenters. The zero-order valence-electron chi connectivity index (χ0n) is 9.85. The van der Waals surface area contributed by atoms with Crippen LogP contribution in [0.4, 0.5) is 4.39 Å². The molecule has 1 aromatic carbocycles. The van der Waals surface area contributed by atoms with Crippen LogP contribution in [0, 0.1) is 5.82 Å². The fourth-order valence-corrected chi connectivity index (χ4v) is 2.30. The monoisotopic (exact) mass is 275 g/mol. The van der Waals surface area contributed by atoms with Crippen LogP contribution in [-0.4, -0.2) is 27.5 Å². The summed E-state index contributed by atoms with van der Waals surface area (Å²) < 4.78 is 42.5.